The molecule has 0 amide bonds. The molecule has 2 atom stereocenters. The van der Waals surface area contributed by atoms with Crippen LogP contribution >= 0.6 is 0 Å². The summed E-state index contributed by atoms with van der Waals surface area (Å²) in [7, 11) is 0. The highest BCUT2D eigenvalue weighted by atomic mass is 16.6. The van der Waals surface area contributed by atoms with Crippen LogP contribution in [0.2, 0.25) is 0 Å². The normalized spacial score (nSPS) is 25.8. The molecule has 1 fully saturated rings. The molecule has 1 heterocycles. The Balaban J connectivity index is 1.63. The number of aliphatic hydroxyl groups excluding tert-OH is 1. The number of aliphatic hydroxyl groups is 1. The molecule has 0 aromatic heterocycles. The predicted octanol–water partition coefficient (Wildman–Crippen LogP) is 2.65. The lowest BCUT2D eigenvalue weighted by molar-refractivity contribution is -0.162. The maximum atomic E-state index is 12.8. The van der Waals surface area contributed by atoms with Gasteiger partial charge in [0.2, 0.25) is 0 Å². The topological polar surface area (TPSA) is 137 Å². The molecule has 8 heteroatoms. The summed E-state index contributed by atoms with van der Waals surface area (Å²) in [5.41, 5.74) is 0.875. The Hall–Kier alpha value is -3.13. The number of aromatic hydroxyl groups is 4. The fourth-order valence-corrected chi connectivity index (χ4v) is 4.11. The predicted molar refractivity (Wildman–Crippen MR) is 104 cm³/mol. The van der Waals surface area contributed by atoms with Crippen molar-refractivity contribution < 1.29 is 39.8 Å². The van der Waals surface area contributed by atoms with Crippen LogP contribution in [0.1, 0.15) is 42.9 Å². The summed E-state index contributed by atoms with van der Waals surface area (Å²) in [5, 5.41) is 49.2. The quantitative estimate of drug-likeness (QED) is 0.380. The van der Waals surface area contributed by atoms with Crippen LogP contribution < -0.4 is 4.74 Å². The van der Waals surface area contributed by atoms with Gasteiger partial charge in [0.15, 0.2) is 17.6 Å². The van der Waals surface area contributed by atoms with Crippen molar-refractivity contribution in [1.29, 1.82) is 0 Å². The van der Waals surface area contributed by atoms with Crippen molar-refractivity contribution in [2.75, 3.05) is 0 Å². The molecule has 4 rings (SSSR count). The van der Waals surface area contributed by atoms with Crippen molar-refractivity contribution in [2.24, 2.45) is 5.92 Å². The van der Waals surface area contributed by atoms with Gasteiger partial charge in [0, 0.05) is 29.7 Å². The molecule has 8 nitrogen and oxygen atoms in total. The van der Waals surface area contributed by atoms with Crippen LogP contribution in [0.5, 0.6) is 28.7 Å². The zero-order valence-corrected chi connectivity index (χ0v) is 16.2. The molecular formula is C22H24O8. The monoisotopic (exact) mass is 416 g/mol. The Morgan fingerprint density at radius 2 is 1.67 bits per heavy atom. The summed E-state index contributed by atoms with van der Waals surface area (Å²) in [6, 6.07) is 6.74. The molecule has 0 unspecified atom stereocenters. The van der Waals surface area contributed by atoms with Gasteiger partial charge in [-0.15, -0.1) is 0 Å². The van der Waals surface area contributed by atoms with Crippen LogP contribution in [-0.4, -0.2) is 43.7 Å². The minimum absolute atomic E-state index is 0.148. The third-order valence-corrected chi connectivity index (χ3v) is 5.79. The standard InChI is InChI=1S/C22H24O8/c23-13-4-1-11(2-5-13)22(28)30-20-10-15-17(26)8-14(24)9-19(15)29-21(20)12-3-6-16(25)18(27)7-12/h3,6-9,11,13,20-21,23-27H,1-2,4-5,10H2/t11?,13?,20-,21+/m0/s1. The van der Waals surface area contributed by atoms with Gasteiger partial charge in [-0.25, -0.2) is 0 Å². The zero-order chi connectivity index (χ0) is 21.4. The van der Waals surface area contributed by atoms with E-state index in [9.17, 15) is 30.3 Å². The summed E-state index contributed by atoms with van der Waals surface area (Å²) < 4.78 is 11.7. The summed E-state index contributed by atoms with van der Waals surface area (Å²) >= 11 is 0. The number of phenolic OH excluding ortho intramolecular Hbond substituents is 4. The summed E-state index contributed by atoms with van der Waals surface area (Å²) in [4.78, 5) is 12.8. The van der Waals surface area contributed by atoms with E-state index < -0.39 is 24.3 Å². The molecule has 2 aliphatic rings. The number of rotatable bonds is 3. The number of hydrogen-bond acceptors (Lipinski definition) is 8. The minimum Gasteiger partial charge on any atom is -0.508 e. The van der Waals surface area contributed by atoms with Crippen molar-refractivity contribution >= 4 is 5.97 Å². The first-order valence-electron chi connectivity index (χ1n) is 9.93. The molecule has 2 aromatic rings. The van der Waals surface area contributed by atoms with E-state index >= 15 is 0 Å². The fraction of sp³-hybridized carbons (Fsp3) is 0.409. The van der Waals surface area contributed by atoms with Crippen molar-refractivity contribution in [3.8, 4) is 28.7 Å². The van der Waals surface area contributed by atoms with Crippen LogP contribution in [0.3, 0.4) is 0 Å². The number of esters is 1. The van der Waals surface area contributed by atoms with Crippen molar-refractivity contribution in [3.63, 3.8) is 0 Å². The maximum Gasteiger partial charge on any atom is 0.309 e. The third kappa shape index (κ3) is 3.95. The Kier molecular flexibility index (Phi) is 5.34. The van der Waals surface area contributed by atoms with Gasteiger partial charge in [0.1, 0.15) is 23.4 Å². The number of benzene rings is 2. The van der Waals surface area contributed by atoms with Crippen molar-refractivity contribution in [2.45, 2.75) is 50.4 Å². The summed E-state index contributed by atoms with van der Waals surface area (Å²) in [6.07, 6.45) is 0.297. The molecule has 1 aliphatic carbocycles. The molecule has 0 radical (unpaired) electrons. The van der Waals surface area contributed by atoms with Crippen LogP contribution in [0.4, 0.5) is 0 Å². The number of fused-ring (bicyclic) bond motifs is 1. The third-order valence-electron chi connectivity index (χ3n) is 5.79. The van der Waals surface area contributed by atoms with E-state index in [2.05, 4.69) is 0 Å². The number of phenols is 4. The average Bonchev–Trinajstić information content (AvgIpc) is 2.70. The first-order valence-corrected chi connectivity index (χ1v) is 9.93. The highest BCUT2D eigenvalue weighted by Gasteiger charge is 2.38. The average molecular weight is 416 g/mol. The minimum atomic E-state index is -0.816. The van der Waals surface area contributed by atoms with Crippen LogP contribution in [0, 0.1) is 5.92 Å². The largest absolute Gasteiger partial charge is 0.508 e. The molecule has 2 aromatic carbocycles. The first kappa shape index (κ1) is 20.2. The second kappa shape index (κ2) is 7.95. The summed E-state index contributed by atoms with van der Waals surface area (Å²) in [6.45, 7) is 0. The van der Waals surface area contributed by atoms with Gasteiger partial charge in [0.25, 0.3) is 0 Å². The molecule has 1 saturated carbocycles. The molecule has 5 N–H and O–H groups in total. The van der Waals surface area contributed by atoms with Gasteiger partial charge in [-0.1, -0.05) is 6.07 Å². The Morgan fingerprint density at radius 1 is 0.933 bits per heavy atom. The summed E-state index contributed by atoms with van der Waals surface area (Å²) in [5.74, 6) is -1.44. The van der Waals surface area contributed by atoms with Crippen LogP contribution in [-0.2, 0) is 16.0 Å². The number of hydrogen-bond donors (Lipinski definition) is 5. The molecule has 30 heavy (non-hydrogen) atoms. The zero-order valence-electron chi connectivity index (χ0n) is 16.2. The van der Waals surface area contributed by atoms with Gasteiger partial charge < -0.3 is 35.0 Å². The number of carbonyl (C=O) groups excluding carboxylic acids is 1. The lowest BCUT2D eigenvalue weighted by Crippen LogP contribution is -2.37. The Morgan fingerprint density at radius 3 is 2.37 bits per heavy atom. The van der Waals surface area contributed by atoms with Crippen LogP contribution in [0.25, 0.3) is 0 Å². The van der Waals surface area contributed by atoms with Gasteiger partial charge in [0.05, 0.1) is 12.0 Å². The van der Waals surface area contributed by atoms with E-state index in [1.807, 2.05) is 0 Å². The van der Waals surface area contributed by atoms with E-state index in [0.717, 1.165) is 0 Å². The van der Waals surface area contributed by atoms with Crippen molar-refractivity contribution in [3.05, 3.63) is 41.5 Å². The second-order valence-corrected chi connectivity index (χ2v) is 7.91. The van der Waals surface area contributed by atoms with E-state index in [-0.39, 0.29) is 41.1 Å². The van der Waals surface area contributed by atoms with Gasteiger partial charge in [-0.2, -0.15) is 0 Å². The number of carbonyl (C=O) groups is 1. The molecule has 160 valence electrons. The lowest BCUT2D eigenvalue weighted by atomic mass is 9.87. The molecular weight excluding hydrogens is 392 g/mol. The number of ether oxygens (including phenoxy) is 2. The van der Waals surface area contributed by atoms with E-state index in [1.165, 1.54) is 24.3 Å². The van der Waals surface area contributed by atoms with Gasteiger partial charge in [-0.05, 0) is 37.8 Å². The second-order valence-electron chi connectivity index (χ2n) is 7.91. The smallest absolute Gasteiger partial charge is 0.309 e. The highest BCUT2D eigenvalue weighted by Crippen LogP contribution is 2.44. The van der Waals surface area contributed by atoms with E-state index in [0.29, 0.717) is 36.8 Å². The van der Waals surface area contributed by atoms with Gasteiger partial charge in [-0.3, -0.25) is 4.79 Å². The Labute approximate surface area is 172 Å². The van der Waals surface area contributed by atoms with Crippen molar-refractivity contribution in [1.82, 2.24) is 0 Å². The Bertz CT molecular complexity index is 948. The maximum absolute atomic E-state index is 12.8. The highest BCUT2D eigenvalue weighted by molar-refractivity contribution is 5.73. The molecule has 0 saturated heterocycles. The lowest BCUT2D eigenvalue weighted by Gasteiger charge is -2.35. The van der Waals surface area contributed by atoms with Gasteiger partial charge >= 0.3 is 5.97 Å². The molecule has 0 bridgehead atoms. The molecule has 0 spiro atoms. The van der Waals surface area contributed by atoms with E-state index in [4.69, 9.17) is 9.47 Å². The molecule has 1 aliphatic heterocycles. The van der Waals surface area contributed by atoms with Crippen LogP contribution in [0.15, 0.2) is 30.3 Å². The van der Waals surface area contributed by atoms with E-state index in [1.54, 1.807) is 6.07 Å². The first-order chi connectivity index (χ1) is 14.3. The SMILES string of the molecule is O=C(O[C@H]1Cc2c(O)cc(O)cc2O[C@@H]1c1ccc(O)c(O)c1)C1CCC(O)CC1. The fourth-order valence-electron chi connectivity index (χ4n) is 4.11.